The maximum absolute atomic E-state index is 6.00. The molecule has 0 spiro atoms. The average molecular weight is 372 g/mol. The van der Waals surface area contributed by atoms with Crippen LogP contribution >= 0.6 is 0 Å². The Kier molecular flexibility index (Phi) is 6.51. The van der Waals surface area contributed by atoms with Crippen molar-refractivity contribution in [1.82, 2.24) is 25.4 Å². The standard InChI is InChI=1S/C19H28N6O2/c1-14(27-17-7-5-4-6-16(17)26-3)12-21-19(20-2)25-10-8-15(9-11-25)18-22-13-23-24-18/h4-7,13-15H,8-12H2,1-3H3,(H,20,21)(H,22,23,24). The molecule has 1 fully saturated rings. The van der Waals surface area contributed by atoms with Gasteiger partial charge in [0.2, 0.25) is 0 Å². The Morgan fingerprint density at radius 3 is 2.70 bits per heavy atom. The van der Waals surface area contributed by atoms with Crippen molar-refractivity contribution in [2.45, 2.75) is 31.8 Å². The first-order valence-electron chi connectivity index (χ1n) is 9.31. The summed E-state index contributed by atoms with van der Waals surface area (Å²) in [5.41, 5.74) is 0. The average Bonchev–Trinajstić information content (AvgIpc) is 3.24. The summed E-state index contributed by atoms with van der Waals surface area (Å²) in [7, 11) is 3.46. The number of nitrogens with zero attached hydrogens (tertiary/aromatic N) is 4. The molecule has 0 bridgehead atoms. The lowest BCUT2D eigenvalue weighted by molar-refractivity contribution is 0.210. The van der Waals surface area contributed by atoms with Gasteiger partial charge in [0, 0.05) is 26.1 Å². The topological polar surface area (TPSA) is 87.7 Å². The largest absolute Gasteiger partial charge is 0.493 e. The van der Waals surface area contributed by atoms with E-state index in [1.54, 1.807) is 13.4 Å². The second-order valence-corrected chi connectivity index (χ2v) is 6.64. The van der Waals surface area contributed by atoms with Gasteiger partial charge in [0.1, 0.15) is 18.3 Å². The smallest absolute Gasteiger partial charge is 0.193 e. The van der Waals surface area contributed by atoms with E-state index in [0.717, 1.165) is 49.2 Å². The molecule has 3 rings (SSSR count). The van der Waals surface area contributed by atoms with Crippen LogP contribution in [-0.2, 0) is 0 Å². The monoisotopic (exact) mass is 372 g/mol. The SMILES string of the molecule is CN=C(NCC(C)Oc1ccccc1OC)N1CCC(c2ncn[nH]2)CC1. The molecule has 1 saturated heterocycles. The molecule has 1 aromatic heterocycles. The molecule has 1 unspecified atom stereocenters. The number of rotatable bonds is 6. The number of H-pyrrole nitrogens is 1. The number of methoxy groups -OCH3 is 1. The highest BCUT2D eigenvalue weighted by atomic mass is 16.5. The number of para-hydroxylation sites is 2. The summed E-state index contributed by atoms with van der Waals surface area (Å²) in [5, 5.41) is 10.4. The van der Waals surface area contributed by atoms with E-state index in [4.69, 9.17) is 9.47 Å². The van der Waals surface area contributed by atoms with Gasteiger partial charge in [-0.1, -0.05) is 12.1 Å². The molecule has 1 aromatic carbocycles. The minimum absolute atomic E-state index is 0.0233. The van der Waals surface area contributed by atoms with Gasteiger partial charge in [0.25, 0.3) is 0 Å². The van der Waals surface area contributed by atoms with E-state index in [0.29, 0.717) is 12.5 Å². The number of hydrogen-bond donors (Lipinski definition) is 2. The summed E-state index contributed by atoms with van der Waals surface area (Å²) in [5.74, 6) is 3.81. The number of ether oxygens (including phenoxy) is 2. The number of aliphatic imine (C=N–C) groups is 1. The van der Waals surface area contributed by atoms with Crippen molar-refractivity contribution >= 4 is 5.96 Å². The van der Waals surface area contributed by atoms with Crippen LogP contribution in [0.2, 0.25) is 0 Å². The van der Waals surface area contributed by atoms with Gasteiger partial charge < -0.3 is 19.7 Å². The molecule has 0 aliphatic carbocycles. The lowest BCUT2D eigenvalue weighted by Crippen LogP contribution is -2.47. The molecule has 2 aromatic rings. The van der Waals surface area contributed by atoms with Crippen LogP contribution in [-0.4, -0.2) is 65.9 Å². The highest BCUT2D eigenvalue weighted by Crippen LogP contribution is 2.27. The van der Waals surface area contributed by atoms with Crippen LogP contribution in [0.1, 0.15) is 31.5 Å². The van der Waals surface area contributed by atoms with Crippen molar-refractivity contribution in [3.05, 3.63) is 36.4 Å². The van der Waals surface area contributed by atoms with E-state index in [1.165, 1.54) is 0 Å². The molecular weight excluding hydrogens is 344 g/mol. The lowest BCUT2D eigenvalue weighted by Gasteiger charge is -2.33. The minimum atomic E-state index is -0.0233. The van der Waals surface area contributed by atoms with Gasteiger partial charge in [-0.05, 0) is 31.9 Å². The number of nitrogens with one attached hydrogen (secondary N) is 2. The Hall–Kier alpha value is -2.77. The summed E-state index contributed by atoms with van der Waals surface area (Å²) in [6.45, 7) is 4.56. The summed E-state index contributed by atoms with van der Waals surface area (Å²) in [6, 6.07) is 7.68. The Balaban J connectivity index is 1.48. The normalized spacial score (nSPS) is 16.9. The minimum Gasteiger partial charge on any atom is -0.493 e. The van der Waals surface area contributed by atoms with E-state index < -0.39 is 0 Å². The van der Waals surface area contributed by atoms with Crippen LogP contribution in [0.5, 0.6) is 11.5 Å². The number of aromatic nitrogens is 3. The first-order chi connectivity index (χ1) is 13.2. The van der Waals surface area contributed by atoms with Crippen molar-refractivity contribution in [3.8, 4) is 11.5 Å². The van der Waals surface area contributed by atoms with Gasteiger partial charge in [0.05, 0.1) is 13.7 Å². The third-order valence-corrected chi connectivity index (χ3v) is 4.77. The maximum atomic E-state index is 6.00. The fraction of sp³-hybridized carbons (Fsp3) is 0.526. The van der Waals surface area contributed by atoms with Crippen LogP contribution in [0.3, 0.4) is 0 Å². The van der Waals surface area contributed by atoms with Crippen molar-refractivity contribution < 1.29 is 9.47 Å². The molecule has 146 valence electrons. The predicted molar refractivity (Wildman–Crippen MR) is 104 cm³/mol. The number of guanidine groups is 1. The van der Waals surface area contributed by atoms with Gasteiger partial charge in [-0.3, -0.25) is 10.1 Å². The second kappa shape index (κ2) is 9.25. The summed E-state index contributed by atoms with van der Waals surface area (Å²) < 4.78 is 11.3. The van der Waals surface area contributed by atoms with Crippen LogP contribution < -0.4 is 14.8 Å². The fourth-order valence-corrected chi connectivity index (χ4v) is 3.32. The van der Waals surface area contributed by atoms with Gasteiger partial charge in [-0.2, -0.15) is 5.10 Å². The molecule has 8 heteroatoms. The predicted octanol–water partition coefficient (Wildman–Crippen LogP) is 2.04. The maximum Gasteiger partial charge on any atom is 0.193 e. The first kappa shape index (κ1) is 19.0. The zero-order valence-electron chi connectivity index (χ0n) is 16.2. The lowest BCUT2D eigenvalue weighted by atomic mass is 9.96. The molecule has 1 aliphatic heterocycles. The van der Waals surface area contributed by atoms with Crippen molar-refractivity contribution in [2.24, 2.45) is 4.99 Å². The molecule has 0 saturated carbocycles. The van der Waals surface area contributed by atoms with Crippen LogP contribution in [0.4, 0.5) is 0 Å². The molecule has 2 N–H and O–H groups in total. The molecule has 0 radical (unpaired) electrons. The van der Waals surface area contributed by atoms with Crippen molar-refractivity contribution in [2.75, 3.05) is 33.8 Å². The molecule has 1 aliphatic rings. The fourth-order valence-electron chi connectivity index (χ4n) is 3.32. The first-order valence-corrected chi connectivity index (χ1v) is 9.31. The summed E-state index contributed by atoms with van der Waals surface area (Å²) >= 11 is 0. The molecule has 8 nitrogen and oxygen atoms in total. The molecule has 27 heavy (non-hydrogen) atoms. The van der Waals surface area contributed by atoms with Gasteiger partial charge in [-0.15, -0.1) is 0 Å². The molecular formula is C19H28N6O2. The summed E-state index contributed by atoms with van der Waals surface area (Å²) in [4.78, 5) is 11.0. The van der Waals surface area contributed by atoms with Gasteiger partial charge >= 0.3 is 0 Å². The molecule has 0 amide bonds. The Bertz CT molecular complexity index is 726. The number of hydrogen-bond acceptors (Lipinski definition) is 5. The third-order valence-electron chi connectivity index (χ3n) is 4.77. The van der Waals surface area contributed by atoms with Gasteiger partial charge in [-0.25, -0.2) is 4.98 Å². The third kappa shape index (κ3) is 4.90. The number of likely N-dealkylation sites (tertiary alicyclic amines) is 1. The highest BCUT2D eigenvalue weighted by Gasteiger charge is 2.24. The Morgan fingerprint density at radius 2 is 2.07 bits per heavy atom. The van der Waals surface area contributed by atoms with E-state index in [-0.39, 0.29) is 6.10 Å². The Morgan fingerprint density at radius 1 is 1.33 bits per heavy atom. The van der Waals surface area contributed by atoms with Crippen molar-refractivity contribution in [3.63, 3.8) is 0 Å². The van der Waals surface area contributed by atoms with Crippen LogP contribution in [0.15, 0.2) is 35.6 Å². The van der Waals surface area contributed by atoms with Crippen LogP contribution in [0, 0.1) is 0 Å². The van der Waals surface area contributed by atoms with E-state index in [9.17, 15) is 0 Å². The number of piperidine rings is 1. The van der Waals surface area contributed by atoms with Gasteiger partial charge in [0.15, 0.2) is 17.5 Å². The van der Waals surface area contributed by atoms with E-state index >= 15 is 0 Å². The number of benzene rings is 1. The number of aromatic amines is 1. The van der Waals surface area contributed by atoms with Crippen LogP contribution in [0.25, 0.3) is 0 Å². The Labute approximate surface area is 160 Å². The van der Waals surface area contributed by atoms with Crippen molar-refractivity contribution in [1.29, 1.82) is 0 Å². The zero-order chi connectivity index (χ0) is 19.1. The van der Waals surface area contributed by atoms with E-state index in [2.05, 4.69) is 30.4 Å². The molecule has 1 atom stereocenters. The highest BCUT2D eigenvalue weighted by molar-refractivity contribution is 5.80. The van der Waals surface area contributed by atoms with E-state index in [1.807, 2.05) is 38.2 Å². The summed E-state index contributed by atoms with van der Waals surface area (Å²) in [6.07, 6.45) is 3.61. The quantitative estimate of drug-likeness (QED) is 0.596. The second-order valence-electron chi connectivity index (χ2n) is 6.64. The molecule has 2 heterocycles. The zero-order valence-corrected chi connectivity index (χ0v) is 16.2.